The Kier molecular flexibility index (Phi) is 7.09. The third kappa shape index (κ3) is 5.17. The average Bonchev–Trinajstić information content (AvgIpc) is 2.49. The summed E-state index contributed by atoms with van der Waals surface area (Å²) in [5.74, 6) is -0.438. The summed E-state index contributed by atoms with van der Waals surface area (Å²) in [6.45, 7) is 10.5. The maximum absolute atomic E-state index is 12.4. The average molecular weight is 306 g/mol. The van der Waals surface area contributed by atoms with Crippen LogP contribution in [0.3, 0.4) is 0 Å². The predicted molar refractivity (Wildman–Crippen MR) is 86.1 cm³/mol. The van der Waals surface area contributed by atoms with Crippen LogP contribution in [0.5, 0.6) is 0 Å². The molecule has 1 rings (SSSR count). The Morgan fingerprint density at radius 1 is 0.955 bits per heavy atom. The van der Waals surface area contributed by atoms with Gasteiger partial charge in [0.05, 0.1) is 24.3 Å². The standard InChI is InChI=1S/C18H26O4/c1-6-14-8-7-9-15(17(19)21-10-12(2)3)16(14)18(20)22-11-13(4)5/h7-9,12-13H,6,10-11H2,1-5H3. The van der Waals surface area contributed by atoms with Crippen molar-refractivity contribution < 1.29 is 19.1 Å². The van der Waals surface area contributed by atoms with E-state index in [2.05, 4.69) is 0 Å². The van der Waals surface area contributed by atoms with E-state index < -0.39 is 11.9 Å². The lowest BCUT2D eigenvalue weighted by atomic mass is 9.99. The van der Waals surface area contributed by atoms with Crippen molar-refractivity contribution in [2.45, 2.75) is 41.0 Å². The molecule has 0 unspecified atom stereocenters. The lowest BCUT2D eigenvalue weighted by Crippen LogP contribution is -2.19. The first kappa shape index (κ1) is 18.2. The number of rotatable bonds is 7. The van der Waals surface area contributed by atoms with Gasteiger partial charge in [-0.25, -0.2) is 9.59 Å². The van der Waals surface area contributed by atoms with E-state index >= 15 is 0 Å². The van der Waals surface area contributed by atoms with Gasteiger partial charge in [0.25, 0.3) is 0 Å². The van der Waals surface area contributed by atoms with Gasteiger partial charge in [-0.05, 0) is 29.9 Å². The van der Waals surface area contributed by atoms with E-state index in [1.807, 2.05) is 40.7 Å². The lowest BCUT2D eigenvalue weighted by molar-refractivity contribution is 0.0411. The van der Waals surface area contributed by atoms with Crippen LogP contribution >= 0.6 is 0 Å². The summed E-state index contributed by atoms with van der Waals surface area (Å²) >= 11 is 0. The molecule has 0 aliphatic heterocycles. The molecule has 0 aliphatic carbocycles. The Morgan fingerprint density at radius 2 is 1.50 bits per heavy atom. The predicted octanol–water partition coefficient (Wildman–Crippen LogP) is 3.87. The zero-order valence-electron chi connectivity index (χ0n) is 14.1. The molecule has 22 heavy (non-hydrogen) atoms. The van der Waals surface area contributed by atoms with Crippen molar-refractivity contribution in [2.24, 2.45) is 11.8 Å². The van der Waals surface area contributed by atoms with Gasteiger partial charge in [-0.2, -0.15) is 0 Å². The number of esters is 2. The molecule has 0 aromatic heterocycles. The maximum Gasteiger partial charge on any atom is 0.339 e. The highest BCUT2D eigenvalue weighted by molar-refractivity contribution is 6.04. The number of aryl methyl sites for hydroxylation is 1. The van der Waals surface area contributed by atoms with Crippen LogP contribution in [0.2, 0.25) is 0 Å². The highest BCUT2D eigenvalue weighted by atomic mass is 16.5. The summed E-state index contributed by atoms with van der Waals surface area (Å²) in [7, 11) is 0. The smallest absolute Gasteiger partial charge is 0.339 e. The van der Waals surface area contributed by atoms with Gasteiger partial charge in [-0.15, -0.1) is 0 Å². The highest BCUT2D eigenvalue weighted by Gasteiger charge is 2.22. The molecule has 122 valence electrons. The number of carbonyl (C=O) groups excluding carboxylic acids is 2. The van der Waals surface area contributed by atoms with Crippen LogP contribution in [-0.2, 0) is 15.9 Å². The molecule has 0 bridgehead atoms. The molecule has 1 aromatic carbocycles. The number of hydrogen-bond donors (Lipinski definition) is 0. The summed E-state index contributed by atoms with van der Waals surface area (Å²) in [4.78, 5) is 24.6. The van der Waals surface area contributed by atoms with Gasteiger partial charge in [0, 0.05) is 0 Å². The lowest BCUT2D eigenvalue weighted by Gasteiger charge is -2.14. The van der Waals surface area contributed by atoms with Gasteiger partial charge in [0.1, 0.15) is 0 Å². The number of benzene rings is 1. The summed E-state index contributed by atoms with van der Waals surface area (Å²) < 4.78 is 10.6. The van der Waals surface area contributed by atoms with Crippen LogP contribution in [0.15, 0.2) is 18.2 Å². The second-order valence-electron chi connectivity index (χ2n) is 6.18. The summed E-state index contributed by atoms with van der Waals surface area (Å²) in [5, 5.41) is 0. The van der Waals surface area contributed by atoms with Gasteiger partial charge in [0.15, 0.2) is 0 Å². The van der Waals surface area contributed by atoms with Gasteiger partial charge < -0.3 is 9.47 Å². The third-order valence-corrected chi connectivity index (χ3v) is 3.05. The Balaban J connectivity index is 3.06. The fraction of sp³-hybridized carbons (Fsp3) is 0.556. The molecule has 0 atom stereocenters. The fourth-order valence-corrected chi connectivity index (χ4v) is 1.94. The van der Waals surface area contributed by atoms with Crippen molar-refractivity contribution in [3.63, 3.8) is 0 Å². The molecule has 0 heterocycles. The SMILES string of the molecule is CCc1cccc(C(=O)OCC(C)C)c1C(=O)OCC(C)C. The van der Waals surface area contributed by atoms with Crippen molar-refractivity contribution in [1.29, 1.82) is 0 Å². The van der Waals surface area contributed by atoms with E-state index in [1.54, 1.807) is 12.1 Å². The second-order valence-corrected chi connectivity index (χ2v) is 6.18. The number of ether oxygens (including phenoxy) is 2. The van der Waals surface area contributed by atoms with Crippen LogP contribution in [0.25, 0.3) is 0 Å². The first-order valence-corrected chi connectivity index (χ1v) is 7.82. The first-order valence-electron chi connectivity index (χ1n) is 7.82. The molecule has 0 radical (unpaired) electrons. The van der Waals surface area contributed by atoms with E-state index in [9.17, 15) is 9.59 Å². The van der Waals surface area contributed by atoms with Crippen LogP contribution < -0.4 is 0 Å². The summed E-state index contributed by atoms with van der Waals surface area (Å²) in [6, 6.07) is 5.23. The minimum Gasteiger partial charge on any atom is -0.462 e. The molecule has 0 saturated heterocycles. The summed E-state index contributed by atoms with van der Waals surface area (Å²) in [6.07, 6.45) is 0.650. The molecular weight excluding hydrogens is 280 g/mol. The van der Waals surface area contributed by atoms with Crippen LogP contribution in [0.4, 0.5) is 0 Å². The van der Waals surface area contributed by atoms with E-state index in [4.69, 9.17) is 9.47 Å². The minimum absolute atomic E-state index is 0.245. The largest absolute Gasteiger partial charge is 0.462 e. The molecule has 4 nitrogen and oxygen atoms in total. The number of carbonyl (C=O) groups is 2. The zero-order valence-corrected chi connectivity index (χ0v) is 14.1. The van der Waals surface area contributed by atoms with Gasteiger partial charge in [0.2, 0.25) is 0 Å². The quantitative estimate of drug-likeness (QED) is 0.717. The van der Waals surface area contributed by atoms with Crippen molar-refractivity contribution in [3.05, 3.63) is 34.9 Å². The van der Waals surface area contributed by atoms with Gasteiger partial charge in [-0.1, -0.05) is 46.8 Å². The van der Waals surface area contributed by atoms with Crippen molar-refractivity contribution >= 4 is 11.9 Å². The monoisotopic (exact) mass is 306 g/mol. The highest BCUT2D eigenvalue weighted by Crippen LogP contribution is 2.19. The molecular formula is C18H26O4. The van der Waals surface area contributed by atoms with Gasteiger partial charge in [-0.3, -0.25) is 0 Å². The minimum atomic E-state index is -0.472. The normalized spacial score (nSPS) is 10.9. The molecule has 4 heteroatoms. The van der Waals surface area contributed by atoms with Crippen LogP contribution in [0.1, 0.15) is 60.9 Å². The van der Waals surface area contributed by atoms with E-state index in [1.165, 1.54) is 0 Å². The molecule has 1 aromatic rings. The fourth-order valence-electron chi connectivity index (χ4n) is 1.94. The van der Waals surface area contributed by atoms with Crippen LogP contribution in [-0.4, -0.2) is 25.2 Å². The molecule has 0 N–H and O–H groups in total. The van der Waals surface area contributed by atoms with Crippen LogP contribution in [0, 0.1) is 11.8 Å². The zero-order chi connectivity index (χ0) is 16.7. The Bertz CT molecular complexity index is 518. The number of hydrogen-bond acceptors (Lipinski definition) is 4. The molecule has 0 spiro atoms. The van der Waals surface area contributed by atoms with Gasteiger partial charge >= 0.3 is 11.9 Å². The Morgan fingerprint density at radius 3 is 2.00 bits per heavy atom. The van der Waals surface area contributed by atoms with Crippen molar-refractivity contribution in [3.8, 4) is 0 Å². The summed E-state index contributed by atoms with van der Waals surface area (Å²) in [5.41, 5.74) is 1.42. The molecule has 0 saturated carbocycles. The second kappa shape index (κ2) is 8.57. The van der Waals surface area contributed by atoms with Crippen molar-refractivity contribution in [2.75, 3.05) is 13.2 Å². The topological polar surface area (TPSA) is 52.6 Å². The van der Waals surface area contributed by atoms with Crippen molar-refractivity contribution in [1.82, 2.24) is 0 Å². The third-order valence-electron chi connectivity index (χ3n) is 3.05. The van der Waals surface area contributed by atoms with E-state index in [0.717, 1.165) is 5.56 Å². The Hall–Kier alpha value is -1.84. The molecule has 0 aliphatic rings. The van der Waals surface area contributed by atoms with E-state index in [0.29, 0.717) is 25.2 Å². The first-order chi connectivity index (χ1) is 10.4. The van der Waals surface area contributed by atoms with E-state index in [-0.39, 0.29) is 17.4 Å². The maximum atomic E-state index is 12.4. The molecule has 0 fully saturated rings. The Labute approximate surface area is 132 Å². The molecule has 0 amide bonds.